The molecule has 0 bridgehead atoms. The van der Waals surface area contributed by atoms with E-state index in [2.05, 4.69) is 5.32 Å². The Morgan fingerprint density at radius 1 is 1.05 bits per heavy atom. The van der Waals surface area contributed by atoms with Gasteiger partial charge in [-0.2, -0.15) is 13.2 Å². The summed E-state index contributed by atoms with van der Waals surface area (Å²) < 4.78 is 38.8. The van der Waals surface area contributed by atoms with E-state index < -0.39 is 11.7 Å². The number of hydrogen-bond donors (Lipinski definition) is 3. The number of anilines is 2. The highest BCUT2D eigenvalue weighted by atomic mass is 19.4. The lowest BCUT2D eigenvalue weighted by atomic mass is 10.1. The molecule has 0 fully saturated rings. The van der Waals surface area contributed by atoms with Gasteiger partial charge in [-0.15, -0.1) is 0 Å². The maximum Gasteiger partial charge on any atom is 0.418 e. The standard InChI is InChI=1S/C15H15F3N2O/c16-15(17,18)13-7-12(19)4-5-14(13)20-8-10-2-1-3-11(6-10)9-21/h1-7,20-21H,8-9,19H2. The summed E-state index contributed by atoms with van der Waals surface area (Å²) in [5.41, 5.74) is 6.16. The first kappa shape index (κ1) is 15.2. The Hall–Kier alpha value is -2.21. The zero-order chi connectivity index (χ0) is 15.5. The van der Waals surface area contributed by atoms with Crippen LogP contribution in [0.4, 0.5) is 24.5 Å². The third kappa shape index (κ3) is 3.88. The Kier molecular flexibility index (Phi) is 4.37. The fourth-order valence-corrected chi connectivity index (χ4v) is 1.99. The van der Waals surface area contributed by atoms with Crippen LogP contribution in [0.2, 0.25) is 0 Å². The van der Waals surface area contributed by atoms with Gasteiger partial charge in [-0.25, -0.2) is 0 Å². The van der Waals surface area contributed by atoms with Crippen LogP contribution in [0.5, 0.6) is 0 Å². The van der Waals surface area contributed by atoms with Gasteiger partial charge in [-0.1, -0.05) is 24.3 Å². The van der Waals surface area contributed by atoms with Crippen molar-refractivity contribution in [2.75, 3.05) is 11.1 Å². The smallest absolute Gasteiger partial charge is 0.399 e. The van der Waals surface area contributed by atoms with Crippen LogP contribution in [0.15, 0.2) is 42.5 Å². The Balaban J connectivity index is 2.20. The minimum Gasteiger partial charge on any atom is -0.399 e. The predicted octanol–water partition coefficient (Wildman–Crippen LogP) is 3.39. The van der Waals surface area contributed by atoms with E-state index >= 15 is 0 Å². The van der Waals surface area contributed by atoms with Crippen LogP contribution < -0.4 is 11.1 Å². The fourth-order valence-electron chi connectivity index (χ4n) is 1.99. The first-order valence-electron chi connectivity index (χ1n) is 6.29. The lowest BCUT2D eigenvalue weighted by Gasteiger charge is -2.15. The van der Waals surface area contributed by atoms with E-state index in [0.717, 1.165) is 11.6 Å². The summed E-state index contributed by atoms with van der Waals surface area (Å²) in [5.74, 6) is 0. The highest BCUT2D eigenvalue weighted by Gasteiger charge is 2.33. The molecule has 3 nitrogen and oxygen atoms in total. The van der Waals surface area contributed by atoms with Gasteiger partial charge in [0, 0.05) is 17.9 Å². The summed E-state index contributed by atoms with van der Waals surface area (Å²) in [7, 11) is 0. The number of rotatable bonds is 4. The van der Waals surface area contributed by atoms with Crippen LogP contribution in [0.25, 0.3) is 0 Å². The predicted molar refractivity (Wildman–Crippen MR) is 75.5 cm³/mol. The van der Waals surface area contributed by atoms with E-state index in [-0.39, 0.29) is 24.5 Å². The summed E-state index contributed by atoms with van der Waals surface area (Å²) in [6.07, 6.45) is -4.47. The van der Waals surface area contributed by atoms with E-state index in [1.54, 1.807) is 24.3 Å². The first-order valence-corrected chi connectivity index (χ1v) is 6.29. The molecule has 0 heterocycles. The van der Waals surface area contributed by atoms with Gasteiger partial charge in [-0.05, 0) is 29.3 Å². The molecule has 0 aliphatic rings. The van der Waals surface area contributed by atoms with Crippen molar-refractivity contribution >= 4 is 11.4 Å². The Morgan fingerprint density at radius 2 is 1.76 bits per heavy atom. The first-order chi connectivity index (χ1) is 9.90. The molecule has 0 saturated carbocycles. The molecule has 0 atom stereocenters. The summed E-state index contributed by atoms with van der Waals surface area (Å²) in [6.45, 7) is 0.115. The minimum absolute atomic E-state index is 0.0221. The molecule has 0 aromatic heterocycles. The van der Waals surface area contributed by atoms with Crippen molar-refractivity contribution in [2.45, 2.75) is 19.3 Å². The Morgan fingerprint density at radius 3 is 2.43 bits per heavy atom. The van der Waals surface area contributed by atoms with Crippen LogP contribution in [0, 0.1) is 0 Å². The third-order valence-electron chi connectivity index (χ3n) is 3.01. The van der Waals surface area contributed by atoms with Gasteiger partial charge in [0.25, 0.3) is 0 Å². The van der Waals surface area contributed by atoms with E-state index in [1.165, 1.54) is 12.1 Å². The van der Waals surface area contributed by atoms with Crippen molar-refractivity contribution in [3.05, 3.63) is 59.2 Å². The maximum absolute atomic E-state index is 12.9. The average molecular weight is 296 g/mol. The van der Waals surface area contributed by atoms with Crippen LogP contribution in [-0.4, -0.2) is 5.11 Å². The average Bonchev–Trinajstić information content (AvgIpc) is 2.45. The zero-order valence-corrected chi connectivity index (χ0v) is 11.1. The highest BCUT2D eigenvalue weighted by molar-refractivity contribution is 5.59. The second-order valence-electron chi connectivity index (χ2n) is 4.63. The van der Waals surface area contributed by atoms with Crippen LogP contribution in [0.3, 0.4) is 0 Å². The molecule has 0 amide bonds. The van der Waals surface area contributed by atoms with E-state index in [4.69, 9.17) is 10.8 Å². The molecule has 2 rings (SSSR count). The summed E-state index contributed by atoms with van der Waals surface area (Å²) in [6, 6.07) is 10.6. The summed E-state index contributed by atoms with van der Waals surface area (Å²) in [4.78, 5) is 0. The number of halogens is 3. The number of nitrogens with two attached hydrogens (primary N) is 1. The number of benzene rings is 2. The molecule has 2 aromatic carbocycles. The monoisotopic (exact) mass is 296 g/mol. The number of nitrogens with one attached hydrogen (secondary N) is 1. The van der Waals surface area contributed by atoms with Crippen LogP contribution >= 0.6 is 0 Å². The molecule has 4 N–H and O–H groups in total. The van der Waals surface area contributed by atoms with E-state index in [0.29, 0.717) is 5.56 Å². The lowest BCUT2D eigenvalue weighted by molar-refractivity contribution is -0.136. The van der Waals surface area contributed by atoms with Gasteiger partial charge in [-0.3, -0.25) is 0 Å². The van der Waals surface area contributed by atoms with Crippen molar-refractivity contribution < 1.29 is 18.3 Å². The minimum atomic E-state index is -4.47. The number of aliphatic hydroxyl groups excluding tert-OH is 1. The van der Waals surface area contributed by atoms with Crippen LogP contribution in [-0.2, 0) is 19.3 Å². The van der Waals surface area contributed by atoms with Crippen molar-refractivity contribution in [2.24, 2.45) is 0 Å². The van der Waals surface area contributed by atoms with Gasteiger partial charge in [0.1, 0.15) is 0 Å². The number of aliphatic hydroxyl groups is 1. The third-order valence-corrected chi connectivity index (χ3v) is 3.01. The lowest BCUT2D eigenvalue weighted by Crippen LogP contribution is -2.11. The molecule has 21 heavy (non-hydrogen) atoms. The number of hydrogen-bond acceptors (Lipinski definition) is 3. The summed E-state index contributed by atoms with van der Waals surface area (Å²) >= 11 is 0. The summed E-state index contributed by atoms with van der Waals surface area (Å²) in [5, 5.41) is 11.8. The van der Waals surface area contributed by atoms with Gasteiger partial charge >= 0.3 is 6.18 Å². The molecule has 0 radical (unpaired) electrons. The second kappa shape index (κ2) is 6.05. The largest absolute Gasteiger partial charge is 0.418 e. The highest BCUT2D eigenvalue weighted by Crippen LogP contribution is 2.36. The van der Waals surface area contributed by atoms with E-state index in [9.17, 15) is 13.2 Å². The van der Waals surface area contributed by atoms with Crippen molar-refractivity contribution in [1.29, 1.82) is 0 Å². The molecule has 2 aromatic rings. The Bertz CT molecular complexity index is 627. The number of nitrogen functional groups attached to an aromatic ring is 1. The molecule has 0 spiro atoms. The Labute approximate surface area is 120 Å². The van der Waals surface area contributed by atoms with Gasteiger partial charge in [0.05, 0.1) is 12.2 Å². The SMILES string of the molecule is Nc1ccc(NCc2cccc(CO)c2)c(C(F)(F)F)c1. The van der Waals surface area contributed by atoms with Crippen molar-refractivity contribution in [3.63, 3.8) is 0 Å². The molecule has 112 valence electrons. The maximum atomic E-state index is 12.9. The molecule has 0 saturated heterocycles. The van der Waals surface area contributed by atoms with Crippen molar-refractivity contribution in [3.8, 4) is 0 Å². The second-order valence-corrected chi connectivity index (χ2v) is 4.63. The molecular weight excluding hydrogens is 281 g/mol. The van der Waals surface area contributed by atoms with Crippen LogP contribution in [0.1, 0.15) is 16.7 Å². The molecule has 6 heteroatoms. The zero-order valence-electron chi connectivity index (χ0n) is 11.1. The molecule has 0 unspecified atom stereocenters. The van der Waals surface area contributed by atoms with Gasteiger partial charge < -0.3 is 16.2 Å². The normalized spacial score (nSPS) is 11.4. The van der Waals surface area contributed by atoms with E-state index in [1.807, 2.05) is 0 Å². The molecular formula is C15H15F3N2O. The topological polar surface area (TPSA) is 58.3 Å². The fraction of sp³-hybridized carbons (Fsp3) is 0.200. The number of alkyl halides is 3. The van der Waals surface area contributed by atoms with Crippen molar-refractivity contribution in [1.82, 2.24) is 0 Å². The quantitative estimate of drug-likeness (QED) is 0.758. The molecule has 0 aliphatic heterocycles. The van der Waals surface area contributed by atoms with Gasteiger partial charge in [0.15, 0.2) is 0 Å². The van der Waals surface area contributed by atoms with Gasteiger partial charge in [0.2, 0.25) is 0 Å². The molecule has 0 aliphatic carbocycles.